The predicted molar refractivity (Wildman–Crippen MR) is 70.0 cm³/mol. The van der Waals surface area contributed by atoms with Crippen LogP contribution in [0.5, 0.6) is 0 Å². The number of hydrogen-bond donors (Lipinski definition) is 0. The Morgan fingerprint density at radius 2 is 2.19 bits per heavy atom. The van der Waals surface area contributed by atoms with Gasteiger partial charge in [-0.2, -0.15) is 0 Å². The van der Waals surface area contributed by atoms with Gasteiger partial charge in [-0.1, -0.05) is 6.92 Å². The SMILES string of the molecule is CC1CC23C4CCCN2C(=O)C2OC2C13C1CC4OC1=O. The third-order valence-electron chi connectivity index (χ3n) is 7.69. The topological polar surface area (TPSA) is 59.1 Å². The molecular formula is C16H19NO4. The lowest BCUT2D eigenvalue weighted by Crippen LogP contribution is -2.85. The van der Waals surface area contributed by atoms with Crippen LogP contribution in [-0.4, -0.2) is 47.2 Å². The first kappa shape index (κ1) is 11.5. The van der Waals surface area contributed by atoms with E-state index in [1.807, 2.05) is 0 Å². The molecule has 112 valence electrons. The van der Waals surface area contributed by atoms with Crippen molar-refractivity contribution in [3.63, 3.8) is 0 Å². The van der Waals surface area contributed by atoms with Crippen molar-refractivity contribution in [2.45, 2.75) is 56.5 Å². The number of esters is 1. The minimum absolute atomic E-state index is 0.0242. The van der Waals surface area contributed by atoms with Crippen LogP contribution in [0.25, 0.3) is 0 Å². The van der Waals surface area contributed by atoms with E-state index in [2.05, 4.69) is 11.8 Å². The second-order valence-electron chi connectivity index (χ2n) is 7.94. The van der Waals surface area contributed by atoms with E-state index in [1.165, 1.54) is 0 Å². The summed E-state index contributed by atoms with van der Waals surface area (Å²) in [5.74, 6) is 0.885. The summed E-state index contributed by atoms with van der Waals surface area (Å²) in [6.45, 7) is 3.08. The summed E-state index contributed by atoms with van der Waals surface area (Å²) in [5.41, 5.74) is -0.292. The van der Waals surface area contributed by atoms with Crippen LogP contribution in [0.3, 0.4) is 0 Å². The molecule has 4 saturated heterocycles. The maximum atomic E-state index is 12.7. The van der Waals surface area contributed by atoms with E-state index in [9.17, 15) is 9.59 Å². The molecule has 6 fully saturated rings. The molecule has 0 aromatic carbocycles. The molecule has 1 spiro atoms. The second kappa shape index (κ2) is 3.00. The summed E-state index contributed by atoms with van der Waals surface area (Å²) in [5, 5.41) is 0. The summed E-state index contributed by atoms with van der Waals surface area (Å²) in [7, 11) is 0. The molecule has 2 aliphatic carbocycles. The quantitative estimate of drug-likeness (QED) is 0.487. The van der Waals surface area contributed by atoms with Gasteiger partial charge < -0.3 is 14.4 Å². The molecule has 2 saturated carbocycles. The van der Waals surface area contributed by atoms with Gasteiger partial charge in [-0.25, -0.2) is 0 Å². The van der Waals surface area contributed by atoms with Gasteiger partial charge in [0.2, 0.25) is 0 Å². The Bertz CT molecular complexity index is 605. The van der Waals surface area contributed by atoms with Gasteiger partial charge in [-0.3, -0.25) is 9.59 Å². The molecule has 4 aliphatic heterocycles. The minimum atomic E-state index is -0.274. The molecule has 21 heavy (non-hydrogen) atoms. The zero-order valence-corrected chi connectivity index (χ0v) is 12.1. The number of amides is 1. The second-order valence-corrected chi connectivity index (χ2v) is 7.94. The molecule has 4 heterocycles. The molecule has 8 atom stereocenters. The van der Waals surface area contributed by atoms with Crippen molar-refractivity contribution in [1.82, 2.24) is 4.90 Å². The third-order valence-corrected chi connectivity index (χ3v) is 7.69. The van der Waals surface area contributed by atoms with Crippen molar-refractivity contribution in [1.29, 1.82) is 0 Å². The Morgan fingerprint density at radius 1 is 1.33 bits per heavy atom. The van der Waals surface area contributed by atoms with Gasteiger partial charge in [-0.15, -0.1) is 0 Å². The van der Waals surface area contributed by atoms with E-state index >= 15 is 0 Å². The number of hydrogen-bond acceptors (Lipinski definition) is 4. The zero-order valence-electron chi connectivity index (χ0n) is 12.1. The van der Waals surface area contributed by atoms with Gasteiger partial charge in [-0.05, 0) is 31.6 Å². The molecule has 0 aromatic heterocycles. The third kappa shape index (κ3) is 0.867. The molecule has 6 rings (SSSR count). The van der Waals surface area contributed by atoms with Crippen molar-refractivity contribution in [3.05, 3.63) is 0 Å². The van der Waals surface area contributed by atoms with E-state index in [-0.39, 0.29) is 47.1 Å². The van der Waals surface area contributed by atoms with Crippen LogP contribution >= 0.6 is 0 Å². The van der Waals surface area contributed by atoms with E-state index in [4.69, 9.17) is 9.47 Å². The maximum absolute atomic E-state index is 12.7. The lowest BCUT2D eigenvalue weighted by molar-refractivity contribution is -0.263. The standard InChI is InChI=1S/C16H19NO4/c1-7-6-15-8-3-2-4-17(15)13(18)11-12(21-11)16(7,15)9-5-10(8)20-14(9)19/h7-12H,2-6H2,1H3. The molecule has 5 nitrogen and oxygen atoms in total. The molecule has 2 bridgehead atoms. The highest BCUT2D eigenvalue weighted by molar-refractivity contribution is 5.89. The van der Waals surface area contributed by atoms with Gasteiger partial charge in [0.15, 0.2) is 6.10 Å². The Hall–Kier alpha value is -1.10. The Kier molecular flexibility index (Phi) is 1.64. The van der Waals surface area contributed by atoms with Crippen molar-refractivity contribution in [2.75, 3.05) is 6.54 Å². The first-order chi connectivity index (χ1) is 10.1. The summed E-state index contributed by atoms with van der Waals surface area (Å²) >= 11 is 0. The highest BCUT2D eigenvalue weighted by Gasteiger charge is 2.88. The van der Waals surface area contributed by atoms with Crippen LogP contribution in [0.15, 0.2) is 0 Å². The first-order valence-electron chi connectivity index (χ1n) is 8.30. The number of nitrogens with zero attached hydrogens (tertiary/aromatic N) is 1. The van der Waals surface area contributed by atoms with E-state index in [1.54, 1.807) is 0 Å². The number of fused-ring (bicyclic) bond motifs is 4. The number of carbonyl (C=O) groups is 2. The van der Waals surface area contributed by atoms with E-state index in [0.29, 0.717) is 11.8 Å². The number of ether oxygens (including phenoxy) is 2. The highest BCUT2D eigenvalue weighted by atomic mass is 16.6. The molecule has 6 aliphatic rings. The van der Waals surface area contributed by atoms with Crippen LogP contribution in [0, 0.1) is 23.2 Å². The van der Waals surface area contributed by atoms with Gasteiger partial charge >= 0.3 is 5.97 Å². The van der Waals surface area contributed by atoms with Crippen molar-refractivity contribution < 1.29 is 19.1 Å². The predicted octanol–water partition coefficient (Wildman–Crippen LogP) is 0.716. The fraction of sp³-hybridized carbons (Fsp3) is 0.875. The molecule has 1 amide bonds. The van der Waals surface area contributed by atoms with Crippen LogP contribution < -0.4 is 0 Å². The van der Waals surface area contributed by atoms with Crippen molar-refractivity contribution in [2.24, 2.45) is 23.2 Å². The fourth-order valence-corrected chi connectivity index (χ4v) is 7.26. The van der Waals surface area contributed by atoms with Crippen LogP contribution in [0.2, 0.25) is 0 Å². The van der Waals surface area contributed by atoms with Gasteiger partial charge in [0, 0.05) is 17.9 Å². The van der Waals surface area contributed by atoms with E-state index in [0.717, 1.165) is 32.2 Å². The Balaban J connectivity index is 1.64. The highest BCUT2D eigenvalue weighted by Crippen LogP contribution is 2.78. The summed E-state index contributed by atoms with van der Waals surface area (Å²) in [6.07, 6.45) is 3.73. The van der Waals surface area contributed by atoms with Crippen LogP contribution in [-0.2, 0) is 19.1 Å². The maximum Gasteiger partial charge on any atom is 0.310 e. The van der Waals surface area contributed by atoms with Gasteiger partial charge in [0.05, 0.1) is 11.5 Å². The van der Waals surface area contributed by atoms with Crippen LogP contribution in [0.4, 0.5) is 0 Å². The zero-order chi connectivity index (χ0) is 14.1. The average Bonchev–Trinajstić information content (AvgIpc) is 3.16. The summed E-state index contributed by atoms with van der Waals surface area (Å²) in [4.78, 5) is 27.3. The lowest BCUT2D eigenvalue weighted by Gasteiger charge is -2.75. The largest absolute Gasteiger partial charge is 0.462 e. The van der Waals surface area contributed by atoms with Gasteiger partial charge in [0.25, 0.3) is 5.91 Å². The molecule has 0 N–H and O–H groups in total. The molecule has 0 radical (unpaired) electrons. The molecule has 8 unspecified atom stereocenters. The minimum Gasteiger partial charge on any atom is -0.462 e. The molecule has 0 aromatic rings. The monoisotopic (exact) mass is 289 g/mol. The number of carbonyl (C=O) groups excluding carboxylic acids is 2. The Morgan fingerprint density at radius 3 is 3.00 bits per heavy atom. The Labute approximate surface area is 122 Å². The average molecular weight is 289 g/mol. The van der Waals surface area contributed by atoms with Gasteiger partial charge in [0.1, 0.15) is 12.2 Å². The lowest BCUT2D eigenvalue weighted by atomic mass is 9.34. The number of epoxide rings is 1. The molecular weight excluding hydrogens is 270 g/mol. The smallest absolute Gasteiger partial charge is 0.310 e. The van der Waals surface area contributed by atoms with Crippen molar-refractivity contribution in [3.8, 4) is 0 Å². The number of piperidine rings is 2. The number of rotatable bonds is 0. The van der Waals surface area contributed by atoms with Crippen molar-refractivity contribution >= 4 is 11.9 Å². The first-order valence-corrected chi connectivity index (χ1v) is 8.30. The van der Waals surface area contributed by atoms with E-state index < -0.39 is 0 Å². The summed E-state index contributed by atoms with van der Waals surface area (Å²) < 4.78 is 11.6. The summed E-state index contributed by atoms with van der Waals surface area (Å²) in [6, 6.07) is 0. The van der Waals surface area contributed by atoms with Crippen LogP contribution in [0.1, 0.15) is 32.6 Å². The fourth-order valence-electron chi connectivity index (χ4n) is 7.26. The molecule has 5 heteroatoms. The normalized spacial score (nSPS) is 62.2.